The number of imidazole rings is 2. The summed E-state index contributed by atoms with van der Waals surface area (Å²) < 4.78 is 4.91. The van der Waals surface area contributed by atoms with Gasteiger partial charge in [0.2, 0.25) is 0 Å². The lowest BCUT2D eigenvalue weighted by atomic mass is 10.3. The first kappa shape index (κ1) is 12.4. The number of H-pyrrole nitrogens is 1. The van der Waals surface area contributed by atoms with Crippen LogP contribution in [0.2, 0.25) is 5.02 Å². The zero-order valence-electron chi connectivity index (χ0n) is 10.2. The fourth-order valence-electron chi connectivity index (χ4n) is 2.19. The first-order valence-corrected chi connectivity index (χ1v) is 6.86. The Bertz CT molecular complexity index is 742. The Labute approximate surface area is 120 Å². The molecule has 0 fully saturated rings. The van der Waals surface area contributed by atoms with Crippen molar-refractivity contribution in [2.75, 3.05) is 0 Å². The molecule has 1 aromatic carbocycles. The molecule has 1 N–H and O–H groups in total. The van der Waals surface area contributed by atoms with Crippen LogP contribution in [-0.4, -0.2) is 19.1 Å². The van der Waals surface area contributed by atoms with Crippen LogP contribution in [0.1, 0.15) is 6.42 Å². The van der Waals surface area contributed by atoms with E-state index >= 15 is 0 Å². The van der Waals surface area contributed by atoms with E-state index in [0.29, 0.717) is 5.02 Å². The number of nitrogens with zero attached hydrogens (tertiary/aromatic N) is 3. The second-order valence-corrected chi connectivity index (χ2v) is 5.22. The molecule has 2 heterocycles. The summed E-state index contributed by atoms with van der Waals surface area (Å²) in [5.41, 5.74) is 2.08. The highest BCUT2D eigenvalue weighted by Crippen LogP contribution is 2.19. The van der Waals surface area contributed by atoms with Crippen LogP contribution < -0.4 is 0 Å². The predicted octanol–water partition coefficient (Wildman–Crippen LogP) is 3.64. The van der Waals surface area contributed by atoms with Gasteiger partial charge in [-0.05, 0) is 36.8 Å². The van der Waals surface area contributed by atoms with E-state index in [0.717, 1.165) is 35.3 Å². The summed E-state index contributed by atoms with van der Waals surface area (Å²) in [4.78, 5) is 7.22. The number of hydrogen-bond donors (Lipinski definition) is 1. The summed E-state index contributed by atoms with van der Waals surface area (Å²) >= 11 is 11.3. The summed E-state index contributed by atoms with van der Waals surface area (Å²) in [6.07, 6.45) is 6.59. The van der Waals surface area contributed by atoms with E-state index in [2.05, 4.69) is 19.1 Å². The number of nitrogens with one attached hydrogen (secondary N) is 1. The van der Waals surface area contributed by atoms with Gasteiger partial charge in [0, 0.05) is 30.5 Å². The molecule has 2 aromatic heterocycles. The molecule has 0 unspecified atom stereocenters. The minimum Gasteiger partial charge on any atom is -0.337 e. The minimum atomic E-state index is 0.717. The Morgan fingerprint density at radius 3 is 3.00 bits per heavy atom. The second-order valence-electron chi connectivity index (χ2n) is 4.40. The van der Waals surface area contributed by atoms with Gasteiger partial charge in [-0.3, -0.25) is 0 Å². The molecule has 0 aliphatic heterocycles. The lowest BCUT2D eigenvalue weighted by molar-refractivity contribution is 0.568. The summed E-state index contributed by atoms with van der Waals surface area (Å²) in [5, 5.41) is 0.717. The van der Waals surface area contributed by atoms with Gasteiger partial charge in [0.1, 0.15) is 0 Å². The quantitative estimate of drug-likeness (QED) is 0.746. The van der Waals surface area contributed by atoms with Gasteiger partial charge < -0.3 is 14.1 Å². The number of fused-ring (bicyclic) bond motifs is 1. The van der Waals surface area contributed by atoms with Crippen LogP contribution in [0, 0.1) is 4.77 Å². The largest absolute Gasteiger partial charge is 0.337 e. The van der Waals surface area contributed by atoms with Crippen molar-refractivity contribution in [2.45, 2.75) is 19.5 Å². The van der Waals surface area contributed by atoms with Crippen molar-refractivity contribution in [1.29, 1.82) is 0 Å². The molecule has 4 nitrogen and oxygen atoms in total. The minimum absolute atomic E-state index is 0.717. The van der Waals surface area contributed by atoms with E-state index in [1.165, 1.54) is 0 Å². The fraction of sp³-hybridized carbons (Fsp3) is 0.231. The molecule has 6 heteroatoms. The van der Waals surface area contributed by atoms with Crippen LogP contribution in [0.15, 0.2) is 36.9 Å². The maximum absolute atomic E-state index is 5.98. The van der Waals surface area contributed by atoms with Crippen molar-refractivity contribution in [3.8, 4) is 0 Å². The highest BCUT2D eigenvalue weighted by Gasteiger charge is 2.04. The van der Waals surface area contributed by atoms with Gasteiger partial charge in [-0.15, -0.1) is 0 Å². The number of halogens is 1. The lowest BCUT2D eigenvalue weighted by Crippen LogP contribution is -2.02. The normalized spacial score (nSPS) is 11.2. The molecule has 3 aromatic rings. The number of benzene rings is 1. The van der Waals surface area contributed by atoms with E-state index in [1.807, 2.05) is 30.7 Å². The molecule has 3 rings (SSSR count). The van der Waals surface area contributed by atoms with Gasteiger partial charge in [0.15, 0.2) is 4.77 Å². The maximum atomic E-state index is 5.98. The van der Waals surface area contributed by atoms with Crippen LogP contribution in [0.3, 0.4) is 0 Å². The molecule has 0 amide bonds. The van der Waals surface area contributed by atoms with Crippen molar-refractivity contribution in [3.63, 3.8) is 0 Å². The van der Waals surface area contributed by atoms with Crippen molar-refractivity contribution >= 4 is 34.9 Å². The standard InChI is InChI=1S/C13H13ClN4S/c14-10-2-3-12-11(8-10)16-13(19)18(12)6-1-5-17-7-4-15-9-17/h2-4,7-9H,1,5-6H2,(H,16,19). The average Bonchev–Trinajstić information content (AvgIpc) is 2.98. The number of aromatic amines is 1. The topological polar surface area (TPSA) is 38.5 Å². The van der Waals surface area contributed by atoms with Gasteiger partial charge in [-0.1, -0.05) is 11.6 Å². The van der Waals surface area contributed by atoms with Crippen LogP contribution in [0.5, 0.6) is 0 Å². The van der Waals surface area contributed by atoms with Crippen molar-refractivity contribution in [3.05, 3.63) is 46.7 Å². The van der Waals surface area contributed by atoms with E-state index in [1.54, 1.807) is 6.20 Å². The third kappa shape index (κ3) is 2.57. The molecule has 0 saturated carbocycles. The van der Waals surface area contributed by atoms with E-state index in [4.69, 9.17) is 23.8 Å². The molecule has 0 aliphatic carbocycles. The van der Waals surface area contributed by atoms with Gasteiger partial charge in [-0.2, -0.15) is 0 Å². The van der Waals surface area contributed by atoms with E-state index in [9.17, 15) is 0 Å². The van der Waals surface area contributed by atoms with E-state index in [-0.39, 0.29) is 0 Å². The Hall–Kier alpha value is -1.59. The van der Waals surface area contributed by atoms with Gasteiger partial charge in [-0.25, -0.2) is 4.98 Å². The van der Waals surface area contributed by atoms with Gasteiger partial charge in [0.05, 0.1) is 17.4 Å². The van der Waals surface area contributed by atoms with Gasteiger partial charge in [0.25, 0.3) is 0 Å². The Morgan fingerprint density at radius 2 is 2.21 bits per heavy atom. The summed E-state index contributed by atoms with van der Waals surface area (Å²) in [6.45, 7) is 1.81. The predicted molar refractivity (Wildman–Crippen MR) is 79.0 cm³/mol. The maximum Gasteiger partial charge on any atom is 0.178 e. The van der Waals surface area contributed by atoms with Crippen LogP contribution in [-0.2, 0) is 13.1 Å². The average molecular weight is 293 g/mol. The summed E-state index contributed by atoms with van der Waals surface area (Å²) in [5.74, 6) is 0. The number of aryl methyl sites for hydroxylation is 2. The Balaban J connectivity index is 1.80. The smallest absolute Gasteiger partial charge is 0.178 e. The molecular formula is C13H13ClN4S. The van der Waals surface area contributed by atoms with Crippen LogP contribution >= 0.6 is 23.8 Å². The third-order valence-corrected chi connectivity index (χ3v) is 3.65. The molecule has 0 saturated heterocycles. The molecular weight excluding hydrogens is 280 g/mol. The number of aromatic nitrogens is 4. The van der Waals surface area contributed by atoms with Crippen LogP contribution in [0.25, 0.3) is 11.0 Å². The zero-order valence-corrected chi connectivity index (χ0v) is 11.8. The van der Waals surface area contributed by atoms with Crippen LogP contribution in [0.4, 0.5) is 0 Å². The highest BCUT2D eigenvalue weighted by molar-refractivity contribution is 7.71. The fourth-order valence-corrected chi connectivity index (χ4v) is 2.66. The number of hydrogen-bond acceptors (Lipinski definition) is 2. The summed E-state index contributed by atoms with van der Waals surface area (Å²) in [6, 6.07) is 5.79. The molecule has 0 atom stereocenters. The van der Waals surface area contributed by atoms with Crippen molar-refractivity contribution < 1.29 is 0 Å². The first-order valence-electron chi connectivity index (χ1n) is 6.08. The Morgan fingerprint density at radius 1 is 1.32 bits per heavy atom. The zero-order chi connectivity index (χ0) is 13.2. The molecule has 0 aliphatic rings. The lowest BCUT2D eigenvalue weighted by Gasteiger charge is -2.05. The second kappa shape index (κ2) is 5.19. The molecule has 19 heavy (non-hydrogen) atoms. The monoisotopic (exact) mass is 292 g/mol. The van der Waals surface area contributed by atoms with Gasteiger partial charge >= 0.3 is 0 Å². The SMILES string of the molecule is S=c1[nH]c2cc(Cl)ccc2n1CCCn1ccnc1. The number of rotatable bonds is 4. The third-order valence-electron chi connectivity index (χ3n) is 3.09. The first-order chi connectivity index (χ1) is 9.24. The molecule has 0 bridgehead atoms. The molecule has 0 spiro atoms. The van der Waals surface area contributed by atoms with Crippen molar-refractivity contribution in [1.82, 2.24) is 19.1 Å². The Kier molecular flexibility index (Phi) is 3.40. The van der Waals surface area contributed by atoms with E-state index < -0.39 is 0 Å². The summed E-state index contributed by atoms with van der Waals surface area (Å²) in [7, 11) is 0. The molecule has 0 radical (unpaired) electrons. The molecule has 98 valence electrons. The van der Waals surface area contributed by atoms with Crippen molar-refractivity contribution in [2.24, 2.45) is 0 Å². The highest BCUT2D eigenvalue weighted by atomic mass is 35.5.